The van der Waals surface area contributed by atoms with Gasteiger partial charge < -0.3 is 15.4 Å². The highest BCUT2D eigenvalue weighted by atomic mass is 19.4. The SMILES string of the molecule is CCN1CCCCC1CNC(=NC)NCc1ccc(OCC(F)(F)F)cc1. The molecule has 1 unspecified atom stereocenters. The zero-order chi connectivity index (χ0) is 19.7. The molecule has 1 atom stereocenters. The Kier molecular flexibility index (Phi) is 8.22. The summed E-state index contributed by atoms with van der Waals surface area (Å²) in [6.07, 6.45) is -0.612. The molecule has 0 aliphatic carbocycles. The number of likely N-dealkylation sites (N-methyl/N-ethyl adjacent to an activating group) is 1. The Morgan fingerprint density at radius 1 is 1.22 bits per heavy atom. The number of alkyl halides is 3. The van der Waals surface area contributed by atoms with Gasteiger partial charge in [-0.05, 0) is 43.6 Å². The number of piperidine rings is 1. The van der Waals surface area contributed by atoms with E-state index in [1.807, 2.05) is 0 Å². The van der Waals surface area contributed by atoms with Crippen molar-refractivity contribution in [3.63, 3.8) is 0 Å². The molecule has 1 aliphatic heterocycles. The smallest absolute Gasteiger partial charge is 0.422 e. The van der Waals surface area contributed by atoms with Crippen LogP contribution in [0, 0.1) is 0 Å². The fourth-order valence-electron chi connectivity index (χ4n) is 3.20. The Balaban J connectivity index is 1.76. The summed E-state index contributed by atoms with van der Waals surface area (Å²) in [5.41, 5.74) is 0.935. The van der Waals surface area contributed by atoms with E-state index in [2.05, 4.69) is 27.4 Å². The number of rotatable bonds is 7. The number of aliphatic imine (C=N–C) groups is 1. The van der Waals surface area contributed by atoms with Gasteiger partial charge in [-0.3, -0.25) is 9.89 Å². The van der Waals surface area contributed by atoms with Crippen LogP contribution in [0.5, 0.6) is 5.75 Å². The van der Waals surface area contributed by atoms with Gasteiger partial charge in [0.15, 0.2) is 12.6 Å². The molecule has 27 heavy (non-hydrogen) atoms. The number of nitrogens with one attached hydrogen (secondary N) is 2. The molecular weight excluding hydrogens is 357 g/mol. The second kappa shape index (κ2) is 10.4. The molecule has 1 aromatic rings. The van der Waals surface area contributed by atoms with E-state index >= 15 is 0 Å². The van der Waals surface area contributed by atoms with Gasteiger partial charge in [-0.2, -0.15) is 13.2 Å². The average Bonchev–Trinajstić information content (AvgIpc) is 2.67. The second-order valence-electron chi connectivity index (χ2n) is 6.63. The van der Waals surface area contributed by atoms with Crippen LogP contribution in [0.3, 0.4) is 0 Å². The van der Waals surface area contributed by atoms with Crippen molar-refractivity contribution in [1.29, 1.82) is 0 Å². The van der Waals surface area contributed by atoms with Crippen LogP contribution < -0.4 is 15.4 Å². The quantitative estimate of drug-likeness (QED) is 0.558. The Morgan fingerprint density at radius 2 is 1.96 bits per heavy atom. The molecule has 0 saturated carbocycles. The number of likely N-dealkylation sites (tertiary alicyclic amines) is 1. The summed E-state index contributed by atoms with van der Waals surface area (Å²) in [6, 6.07) is 7.09. The lowest BCUT2D eigenvalue weighted by Gasteiger charge is -2.35. The molecule has 2 rings (SSSR count). The average molecular weight is 386 g/mol. The maximum absolute atomic E-state index is 12.2. The number of guanidine groups is 1. The summed E-state index contributed by atoms with van der Waals surface area (Å²) in [6.45, 7) is 4.49. The summed E-state index contributed by atoms with van der Waals surface area (Å²) in [7, 11) is 1.72. The predicted molar refractivity (Wildman–Crippen MR) is 101 cm³/mol. The first-order chi connectivity index (χ1) is 12.9. The van der Waals surface area contributed by atoms with Crippen LogP contribution >= 0.6 is 0 Å². The molecule has 1 aliphatic rings. The van der Waals surface area contributed by atoms with Crippen molar-refractivity contribution in [2.24, 2.45) is 4.99 Å². The first-order valence-electron chi connectivity index (χ1n) is 9.38. The number of benzene rings is 1. The largest absolute Gasteiger partial charge is 0.484 e. The molecule has 8 heteroatoms. The molecule has 0 radical (unpaired) electrons. The number of hydrogen-bond donors (Lipinski definition) is 2. The number of halogens is 3. The predicted octanol–water partition coefficient (Wildman–Crippen LogP) is 3.17. The summed E-state index contributed by atoms with van der Waals surface area (Å²) < 4.78 is 41.2. The molecule has 0 bridgehead atoms. The van der Waals surface area contributed by atoms with Crippen LogP contribution in [0.2, 0.25) is 0 Å². The van der Waals surface area contributed by atoms with Gasteiger partial charge in [0.1, 0.15) is 5.75 Å². The molecule has 0 aromatic heterocycles. The lowest BCUT2D eigenvalue weighted by Crippen LogP contribution is -2.48. The highest BCUT2D eigenvalue weighted by Crippen LogP contribution is 2.19. The highest BCUT2D eigenvalue weighted by Gasteiger charge is 2.28. The van der Waals surface area contributed by atoms with Gasteiger partial charge in [-0.25, -0.2) is 0 Å². The van der Waals surface area contributed by atoms with Crippen LogP contribution in [-0.4, -0.2) is 56.4 Å². The van der Waals surface area contributed by atoms with Gasteiger partial charge >= 0.3 is 6.18 Å². The van der Waals surface area contributed by atoms with E-state index in [4.69, 9.17) is 4.74 Å². The molecule has 0 amide bonds. The van der Waals surface area contributed by atoms with Gasteiger partial charge in [0.2, 0.25) is 0 Å². The van der Waals surface area contributed by atoms with E-state index in [0.717, 1.165) is 25.2 Å². The zero-order valence-corrected chi connectivity index (χ0v) is 16.0. The van der Waals surface area contributed by atoms with Crippen LogP contribution in [0.15, 0.2) is 29.3 Å². The van der Waals surface area contributed by atoms with E-state index in [1.165, 1.54) is 19.3 Å². The molecule has 2 N–H and O–H groups in total. The second-order valence-corrected chi connectivity index (χ2v) is 6.63. The molecule has 152 valence electrons. The van der Waals surface area contributed by atoms with E-state index < -0.39 is 12.8 Å². The molecular formula is C19H29F3N4O. The summed E-state index contributed by atoms with van der Waals surface area (Å²) >= 11 is 0. The van der Waals surface area contributed by atoms with Crippen LogP contribution in [0.25, 0.3) is 0 Å². The lowest BCUT2D eigenvalue weighted by atomic mass is 10.0. The first-order valence-corrected chi connectivity index (χ1v) is 9.38. The van der Waals surface area contributed by atoms with E-state index in [9.17, 15) is 13.2 Å². The summed E-state index contributed by atoms with van der Waals surface area (Å²) in [5.74, 6) is 0.921. The number of hydrogen-bond acceptors (Lipinski definition) is 3. The highest BCUT2D eigenvalue weighted by molar-refractivity contribution is 5.79. The van der Waals surface area contributed by atoms with Crippen LogP contribution in [0.4, 0.5) is 13.2 Å². The van der Waals surface area contributed by atoms with Crippen molar-refractivity contribution in [3.05, 3.63) is 29.8 Å². The van der Waals surface area contributed by atoms with Crippen molar-refractivity contribution in [3.8, 4) is 5.75 Å². The molecule has 1 heterocycles. The number of ether oxygens (including phenoxy) is 1. The number of nitrogens with zero attached hydrogens (tertiary/aromatic N) is 2. The molecule has 1 saturated heterocycles. The summed E-state index contributed by atoms with van der Waals surface area (Å²) in [4.78, 5) is 6.73. The van der Waals surface area contributed by atoms with E-state index in [1.54, 1.807) is 31.3 Å². The third-order valence-corrected chi connectivity index (χ3v) is 4.67. The van der Waals surface area contributed by atoms with Crippen molar-refractivity contribution in [1.82, 2.24) is 15.5 Å². The van der Waals surface area contributed by atoms with E-state index in [-0.39, 0.29) is 5.75 Å². The normalized spacial score (nSPS) is 19.0. The monoisotopic (exact) mass is 386 g/mol. The standard InChI is InChI=1S/C19H29F3N4O/c1-3-26-11-5-4-6-16(26)13-25-18(23-2)24-12-15-7-9-17(10-8-15)27-14-19(20,21)22/h7-10,16H,3-6,11-14H2,1-2H3,(H2,23,24,25). The topological polar surface area (TPSA) is 48.9 Å². The minimum absolute atomic E-state index is 0.204. The molecule has 5 nitrogen and oxygen atoms in total. The van der Waals surface area contributed by atoms with Crippen molar-refractivity contribution < 1.29 is 17.9 Å². The van der Waals surface area contributed by atoms with Gasteiger partial charge in [0.25, 0.3) is 0 Å². The van der Waals surface area contributed by atoms with Crippen LogP contribution in [0.1, 0.15) is 31.7 Å². The van der Waals surface area contributed by atoms with E-state index in [0.29, 0.717) is 18.5 Å². The third kappa shape index (κ3) is 7.66. The Bertz CT molecular complexity index is 590. The first kappa shape index (κ1) is 21.3. The van der Waals surface area contributed by atoms with Crippen molar-refractivity contribution in [2.45, 2.75) is 44.9 Å². The molecule has 1 fully saturated rings. The van der Waals surface area contributed by atoms with Gasteiger partial charge in [0.05, 0.1) is 0 Å². The Hall–Kier alpha value is -1.96. The molecule has 1 aromatic carbocycles. The maximum atomic E-state index is 12.2. The third-order valence-electron chi connectivity index (χ3n) is 4.67. The van der Waals surface area contributed by atoms with Crippen molar-refractivity contribution in [2.75, 3.05) is 33.3 Å². The van der Waals surface area contributed by atoms with Gasteiger partial charge in [-0.1, -0.05) is 25.5 Å². The van der Waals surface area contributed by atoms with Gasteiger partial charge in [-0.15, -0.1) is 0 Å². The molecule has 0 spiro atoms. The van der Waals surface area contributed by atoms with Crippen molar-refractivity contribution >= 4 is 5.96 Å². The van der Waals surface area contributed by atoms with Crippen LogP contribution in [-0.2, 0) is 6.54 Å². The minimum Gasteiger partial charge on any atom is -0.484 e. The minimum atomic E-state index is -4.33. The fourth-order valence-corrected chi connectivity index (χ4v) is 3.20. The Labute approximate surface area is 159 Å². The van der Waals surface area contributed by atoms with Gasteiger partial charge in [0, 0.05) is 26.2 Å². The summed E-state index contributed by atoms with van der Waals surface area (Å²) in [5, 5.41) is 6.60. The fraction of sp³-hybridized carbons (Fsp3) is 0.632. The zero-order valence-electron chi connectivity index (χ0n) is 16.0. The Morgan fingerprint density at radius 3 is 2.59 bits per heavy atom. The lowest BCUT2D eigenvalue weighted by molar-refractivity contribution is -0.153. The maximum Gasteiger partial charge on any atom is 0.422 e.